The third-order valence-corrected chi connectivity index (χ3v) is 3.34. The Balaban J connectivity index is 1.95. The Hall–Kier alpha value is -1.87. The van der Waals surface area contributed by atoms with Crippen molar-refractivity contribution in [2.45, 2.75) is 0 Å². The van der Waals surface area contributed by atoms with Gasteiger partial charge in [-0.15, -0.1) is 0 Å². The molecule has 0 fully saturated rings. The van der Waals surface area contributed by atoms with Gasteiger partial charge in [-0.05, 0) is 29.8 Å². The largest absolute Gasteiger partial charge is 0.437 e. The van der Waals surface area contributed by atoms with Crippen molar-refractivity contribution in [3.05, 3.63) is 64.5 Å². The fourth-order valence-corrected chi connectivity index (χ4v) is 2.15. The lowest BCUT2D eigenvalue weighted by atomic mass is 10.2. The van der Waals surface area contributed by atoms with Crippen LogP contribution in [0.4, 0.5) is 0 Å². The molecule has 0 unspecified atom stereocenters. The number of oxazole rings is 1. The summed E-state index contributed by atoms with van der Waals surface area (Å²) < 4.78 is 6.67. The first kappa shape index (κ1) is 11.2. The van der Waals surface area contributed by atoms with E-state index in [0.29, 0.717) is 5.89 Å². The van der Waals surface area contributed by atoms with Gasteiger partial charge in [0, 0.05) is 10.5 Å². The number of hydrogen-bond acceptors (Lipinski definition) is 2. The summed E-state index contributed by atoms with van der Waals surface area (Å²) >= 11 is 3.50. The minimum Gasteiger partial charge on any atom is -0.437 e. The number of rotatable bonds is 2. The third kappa shape index (κ3) is 2.22. The summed E-state index contributed by atoms with van der Waals surface area (Å²) in [5, 5.41) is 0. The summed E-state index contributed by atoms with van der Waals surface area (Å²) in [6.07, 6.45) is 3.86. The molecule has 0 radical (unpaired) electrons. The lowest BCUT2D eigenvalue weighted by Gasteiger charge is -1.95. The predicted molar refractivity (Wildman–Crippen MR) is 77.1 cm³/mol. The maximum Gasteiger partial charge on any atom is 0.220 e. The molecule has 1 aromatic heterocycles. The molecule has 0 saturated carbocycles. The van der Waals surface area contributed by atoms with Crippen LogP contribution in [-0.4, -0.2) is 4.98 Å². The highest BCUT2D eigenvalue weighted by molar-refractivity contribution is 9.10. The van der Waals surface area contributed by atoms with Gasteiger partial charge in [-0.25, -0.2) is 4.98 Å². The summed E-state index contributed by atoms with van der Waals surface area (Å²) in [4.78, 5) is 4.39. The van der Waals surface area contributed by atoms with Crippen LogP contribution in [0.3, 0.4) is 0 Å². The molecule has 0 bridgehead atoms. The Morgan fingerprint density at radius 3 is 2.56 bits per heavy atom. The Kier molecular flexibility index (Phi) is 2.99. The number of para-hydroxylation sites is 2. The van der Waals surface area contributed by atoms with E-state index in [0.717, 1.165) is 21.1 Å². The average Bonchev–Trinajstić information content (AvgIpc) is 2.80. The van der Waals surface area contributed by atoms with E-state index < -0.39 is 0 Å². The normalized spacial score (nSPS) is 11.4. The van der Waals surface area contributed by atoms with Crippen molar-refractivity contribution in [1.29, 1.82) is 0 Å². The molecule has 2 nitrogen and oxygen atoms in total. The second-order valence-corrected chi connectivity index (χ2v) is 4.73. The van der Waals surface area contributed by atoms with E-state index in [1.54, 1.807) is 0 Å². The second-order valence-electron chi connectivity index (χ2n) is 3.87. The van der Waals surface area contributed by atoms with Crippen molar-refractivity contribution in [2.24, 2.45) is 0 Å². The van der Waals surface area contributed by atoms with Gasteiger partial charge in [-0.3, -0.25) is 0 Å². The molecule has 3 aromatic rings. The summed E-state index contributed by atoms with van der Waals surface area (Å²) in [6, 6.07) is 15.8. The van der Waals surface area contributed by atoms with Gasteiger partial charge in [-0.2, -0.15) is 0 Å². The standard InChI is InChI=1S/C15H10BrNO/c16-12-6-2-1-5-11(12)9-10-15-17-13-7-3-4-8-14(13)18-15/h1-10H/b10-9+. The molecule has 2 aromatic carbocycles. The van der Waals surface area contributed by atoms with E-state index in [9.17, 15) is 0 Å². The van der Waals surface area contributed by atoms with Crippen molar-refractivity contribution >= 4 is 39.2 Å². The fraction of sp³-hybridized carbons (Fsp3) is 0. The van der Waals surface area contributed by atoms with E-state index in [1.165, 1.54) is 0 Å². The zero-order valence-electron chi connectivity index (χ0n) is 9.51. The van der Waals surface area contributed by atoms with Crippen LogP contribution in [0.15, 0.2) is 57.4 Å². The Bertz CT molecular complexity index is 682. The molecule has 3 rings (SSSR count). The Labute approximate surface area is 113 Å². The molecule has 0 aliphatic rings. The van der Waals surface area contributed by atoms with Crippen molar-refractivity contribution < 1.29 is 4.42 Å². The van der Waals surface area contributed by atoms with Crippen LogP contribution >= 0.6 is 15.9 Å². The zero-order valence-corrected chi connectivity index (χ0v) is 11.1. The van der Waals surface area contributed by atoms with Crippen LogP contribution in [0.2, 0.25) is 0 Å². The topological polar surface area (TPSA) is 26.0 Å². The molecule has 88 valence electrons. The van der Waals surface area contributed by atoms with Gasteiger partial charge >= 0.3 is 0 Å². The zero-order chi connectivity index (χ0) is 12.4. The number of benzene rings is 2. The SMILES string of the molecule is Brc1ccccc1/C=C/c1nc2ccccc2o1. The molecule has 18 heavy (non-hydrogen) atoms. The van der Waals surface area contributed by atoms with Crippen LogP contribution < -0.4 is 0 Å². The summed E-state index contributed by atoms with van der Waals surface area (Å²) in [7, 11) is 0. The number of aromatic nitrogens is 1. The highest BCUT2D eigenvalue weighted by Gasteiger charge is 2.01. The smallest absolute Gasteiger partial charge is 0.220 e. The van der Waals surface area contributed by atoms with Crippen molar-refractivity contribution in [3.63, 3.8) is 0 Å². The van der Waals surface area contributed by atoms with E-state index in [2.05, 4.69) is 20.9 Å². The van der Waals surface area contributed by atoms with E-state index >= 15 is 0 Å². The van der Waals surface area contributed by atoms with E-state index in [-0.39, 0.29) is 0 Å². The van der Waals surface area contributed by atoms with Gasteiger partial charge in [0.1, 0.15) is 5.52 Å². The molecule has 0 amide bonds. The average molecular weight is 300 g/mol. The lowest BCUT2D eigenvalue weighted by molar-refractivity contribution is 0.590. The molecule has 0 aliphatic carbocycles. The molecule has 3 heteroatoms. The first-order chi connectivity index (χ1) is 8.83. The van der Waals surface area contributed by atoms with Gasteiger partial charge in [-0.1, -0.05) is 46.3 Å². The third-order valence-electron chi connectivity index (χ3n) is 2.62. The maximum absolute atomic E-state index is 5.62. The summed E-state index contributed by atoms with van der Waals surface area (Å²) in [5.41, 5.74) is 2.79. The molecule has 0 N–H and O–H groups in total. The van der Waals surface area contributed by atoms with Crippen molar-refractivity contribution in [2.75, 3.05) is 0 Å². The number of nitrogens with zero attached hydrogens (tertiary/aromatic N) is 1. The molecule has 1 heterocycles. The summed E-state index contributed by atoms with van der Waals surface area (Å²) in [6.45, 7) is 0. The van der Waals surface area contributed by atoms with Gasteiger partial charge in [0.2, 0.25) is 5.89 Å². The number of hydrogen-bond donors (Lipinski definition) is 0. The van der Waals surface area contributed by atoms with Crippen LogP contribution in [0.25, 0.3) is 23.3 Å². The first-order valence-electron chi connectivity index (χ1n) is 5.61. The van der Waals surface area contributed by atoms with Crippen molar-refractivity contribution in [3.8, 4) is 0 Å². The monoisotopic (exact) mass is 299 g/mol. The molecular weight excluding hydrogens is 290 g/mol. The minimum atomic E-state index is 0.618. The number of halogens is 1. The molecule has 0 atom stereocenters. The van der Waals surface area contributed by atoms with E-state index in [1.807, 2.05) is 60.7 Å². The maximum atomic E-state index is 5.62. The number of fused-ring (bicyclic) bond motifs is 1. The van der Waals surface area contributed by atoms with Gasteiger partial charge in [0.05, 0.1) is 0 Å². The quantitative estimate of drug-likeness (QED) is 0.682. The highest BCUT2D eigenvalue weighted by Crippen LogP contribution is 2.20. The van der Waals surface area contributed by atoms with Gasteiger partial charge < -0.3 is 4.42 Å². The predicted octanol–water partition coefficient (Wildman–Crippen LogP) is 4.76. The Morgan fingerprint density at radius 1 is 0.944 bits per heavy atom. The Morgan fingerprint density at radius 2 is 1.72 bits per heavy atom. The van der Waals surface area contributed by atoms with Crippen LogP contribution in [0.1, 0.15) is 11.5 Å². The lowest BCUT2D eigenvalue weighted by Crippen LogP contribution is -1.74. The van der Waals surface area contributed by atoms with E-state index in [4.69, 9.17) is 4.42 Å². The minimum absolute atomic E-state index is 0.618. The van der Waals surface area contributed by atoms with Gasteiger partial charge in [0.15, 0.2) is 5.58 Å². The molecule has 0 spiro atoms. The van der Waals surface area contributed by atoms with Crippen molar-refractivity contribution in [1.82, 2.24) is 4.98 Å². The second kappa shape index (κ2) is 4.78. The summed E-state index contributed by atoms with van der Waals surface area (Å²) in [5.74, 6) is 0.618. The van der Waals surface area contributed by atoms with Crippen LogP contribution in [0.5, 0.6) is 0 Å². The molecule has 0 aliphatic heterocycles. The van der Waals surface area contributed by atoms with Gasteiger partial charge in [0.25, 0.3) is 0 Å². The molecular formula is C15H10BrNO. The highest BCUT2D eigenvalue weighted by atomic mass is 79.9. The first-order valence-corrected chi connectivity index (χ1v) is 6.40. The fourth-order valence-electron chi connectivity index (χ4n) is 1.73. The van der Waals surface area contributed by atoms with Crippen LogP contribution in [0, 0.1) is 0 Å². The van der Waals surface area contributed by atoms with Crippen LogP contribution in [-0.2, 0) is 0 Å². The molecule has 0 saturated heterocycles.